The molecule has 0 radical (unpaired) electrons. The molecule has 7 atom stereocenters. The van der Waals surface area contributed by atoms with Crippen LogP contribution in [0.1, 0.15) is 51.4 Å². The lowest BCUT2D eigenvalue weighted by atomic mass is 10.1. The quantitative estimate of drug-likeness (QED) is 0.0348. The Hall–Kier alpha value is -6.97. The summed E-state index contributed by atoms with van der Waals surface area (Å²) >= 11 is 0. The number of carbonyl (C=O) groups excluding carboxylic acids is 6. The molecule has 318 valence electrons. The Morgan fingerprint density at radius 3 is 0.807 bits per heavy atom. The molecule has 0 aromatic rings. The largest absolute Gasteiger partial charge is 0.481 e. The van der Waals surface area contributed by atoms with Gasteiger partial charge in [-0.2, -0.15) is 0 Å². The highest BCUT2D eigenvalue weighted by Gasteiger charge is 2.36. The smallest absolute Gasteiger partial charge is 0.326 e. The molecule has 0 saturated heterocycles. The van der Waals surface area contributed by atoms with Crippen molar-refractivity contribution in [2.75, 3.05) is 6.54 Å². The van der Waals surface area contributed by atoms with Crippen LogP contribution in [0.2, 0.25) is 0 Å². The maximum atomic E-state index is 13.2. The third-order valence-corrected chi connectivity index (χ3v) is 7.10. The summed E-state index contributed by atoms with van der Waals surface area (Å²) < 4.78 is 0. The zero-order valence-corrected chi connectivity index (χ0v) is 29.5. The van der Waals surface area contributed by atoms with E-state index in [9.17, 15) is 93.0 Å². The van der Waals surface area contributed by atoms with Crippen LogP contribution < -0.4 is 43.4 Å². The summed E-state index contributed by atoms with van der Waals surface area (Å²) in [4.78, 5) is 157. The number of hydrogen-bond acceptors (Lipinski definition) is 15. The fraction of sp³-hybridized carbons (Fsp3) is 0.552. The van der Waals surface area contributed by atoms with Gasteiger partial charge in [0.15, 0.2) is 0 Å². The average molecular weight is 823 g/mol. The van der Waals surface area contributed by atoms with Crippen molar-refractivity contribution in [3.8, 4) is 0 Å². The van der Waals surface area contributed by atoms with Gasteiger partial charge in [-0.3, -0.25) is 57.5 Å². The van der Waals surface area contributed by atoms with Crippen LogP contribution in [0.25, 0.3) is 0 Å². The Balaban J connectivity index is 6.39. The third-order valence-electron chi connectivity index (χ3n) is 7.10. The number of nitrogens with two attached hydrogens (primary N) is 2. The van der Waals surface area contributed by atoms with E-state index in [1.807, 2.05) is 16.0 Å². The molecule has 0 fully saturated rings. The van der Waals surface area contributed by atoms with Gasteiger partial charge < -0.3 is 79.1 Å². The van der Waals surface area contributed by atoms with Gasteiger partial charge in [0.2, 0.25) is 35.4 Å². The lowest BCUT2D eigenvalue weighted by Gasteiger charge is -2.26. The van der Waals surface area contributed by atoms with Crippen LogP contribution in [0.15, 0.2) is 0 Å². The summed E-state index contributed by atoms with van der Waals surface area (Å²) in [7, 11) is 0. The fourth-order valence-electron chi connectivity index (χ4n) is 4.42. The standard InChI is InChI=1S/C29H42N8O20/c30-3-1-2-11(29(56)57)32-24(51)13(6-19(42)43)34-26(53)15(8-21(46)47)36-28(55)16(9-22(48)49)37-27(54)14(7-20(44)45)35-25(52)12(5-18(40)41)33-23(50)10(31)4-17(38)39/h10-16H,1-9,30-31H2,(H,32,51)(H,33,50)(H,34,53)(H,35,52)(H,36,55)(H,37,54)(H,38,39)(H,40,41)(H,42,43)(H,44,45)(H,46,47)(H,48,49)(H,56,57)/t10-,11-,12-,13-,14-,15-,16-/m0/s1. The lowest BCUT2D eigenvalue weighted by Crippen LogP contribution is -2.60. The number of carboxylic acid groups (broad SMARTS) is 7. The topological polar surface area (TPSA) is 488 Å². The molecule has 57 heavy (non-hydrogen) atoms. The summed E-state index contributed by atoms with van der Waals surface area (Å²) in [5, 5.41) is 75.6. The number of rotatable bonds is 28. The summed E-state index contributed by atoms with van der Waals surface area (Å²) in [6, 6.07) is -14.4. The van der Waals surface area contributed by atoms with Crippen molar-refractivity contribution in [3.05, 3.63) is 0 Å². The van der Waals surface area contributed by atoms with Crippen LogP contribution in [-0.2, 0) is 62.3 Å². The number of carbonyl (C=O) groups is 13. The molecule has 0 aliphatic carbocycles. The van der Waals surface area contributed by atoms with Crippen molar-refractivity contribution in [2.24, 2.45) is 11.5 Å². The van der Waals surface area contributed by atoms with Gasteiger partial charge in [0.25, 0.3) is 0 Å². The fourth-order valence-corrected chi connectivity index (χ4v) is 4.42. The molecule has 0 saturated carbocycles. The van der Waals surface area contributed by atoms with Gasteiger partial charge in [-0.25, -0.2) is 4.79 Å². The highest BCUT2D eigenvalue weighted by atomic mass is 16.4. The van der Waals surface area contributed by atoms with E-state index < -0.39 is 158 Å². The summed E-state index contributed by atoms with van der Waals surface area (Å²) in [6.07, 6.45) is -7.56. The highest BCUT2D eigenvalue weighted by molar-refractivity contribution is 6.00. The Bertz CT molecular complexity index is 1590. The Kier molecular flexibility index (Phi) is 21.5. The second-order valence-corrected chi connectivity index (χ2v) is 11.8. The van der Waals surface area contributed by atoms with Gasteiger partial charge in [-0.05, 0) is 19.4 Å². The minimum atomic E-state index is -2.31. The molecule has 0 bridgehead atoms. The molecule has 0 aliphatic heterocycles. The third kappa shape index (κ3) is 20.3. The minimum absolute atomic E-state index is 0.00372. The van der Waals surface area contributed by atoms with Crippen molar-refractivity contribution in [2.45, 2.75) is 93.7 Å². The predicted molar refractivity (Wildman–Crippen MR) is 179 cm³/mol. The van der Waals surface area contributed by atoms with E-state index in [-0.39, 0.29) is 19.4 Å². The maximum Gasteiger partial charge on any atom is 0.326 e. The normalized spacial score (nSPS) is 14.3. The van der Waals surface area contributed by atoms with Crippen LogP contribution in [0.4, 0.5) is 0 Å². The molecule has 0 unspecified atom stereocenters. The number of nitrogens with one attached hydrogen (secondary N) is 6. The van der Waals surface area contributed by atoms with Crippen LogP contribution in [-0.4, -0.2) is 162 Å². The van der Waals surface area contributed by atoms with Crippen LogP contribution in [0.5, 0.6) is 0 Å². The molecule has 0 spiro atoms. The van der Waals surface area contributed by atoms with Gasteiger partial charge in [0, 0.05) is 0 Å². The first-order chi connectivity index (χ1) is 26.4. The van der Waals surface area contributed by atoms with Gasteiger partial charge in [-0.1, -0.05) is 0 Å². The van der Waals surface area contributed by atoms with E-state index in [2.05, 4.69) is 0 Å². The Morgan fingerprint density at radius 1 is 0.368 bits per heavy atom. The monoisotopic (exact) mass is 822 g/mol. The van der Waals surface area contributed by atoms with Crippen LogP contribution >= 0.6 is 0 Å². The first-order valence-electron chi connectivity index (χ1n) is 16.2. The molecule has 0 aliphatic rings. The van der Waals surface area contributed by atoms with E-state index in [0.717, 1.165) is 0 Å². The summed E-state index contributed by atoms with van der Waals surface area (Å²) in [5.41, 5.74) is 10.7. The Morgan fingerprint density at radius 2 is 0.596 bits per heavy atom. The molecule has 0 rings (SSSR count). The molecular weight excluding hydrogens is 780 g/mol. The summed E-state index contributed by atoms with van der Waals surface area (Å²) in [6.45, 7) is 0.00372. The molecule has 28 nitrogen and oxygen atoms in total. The zero-order chi connectivity index (χ0) is 44.2. The molecule has 0 heterocycles. The van der Waals surface area contributed by atoms with E-state index in [4.69, 9.17) is 16.6 Å². The minimum Gasteiger partial charge on any atom is -0.481 e. The zero-order valence-electron chi connectivity index (χ0n) is 29.5. The first-order valence-corrected chi connectivity index (χ1v) is 16.2. The number of hydrogen-bond donors (Lipinski definition) is 15. The predicted octanol–water partition coefficient (Wildman–Crippen LogP) is -7.11. The van der Waals surface area contributed by atoms with Crippen molar-refractivity contribution in [3.63, 3.8) is 0 Å². The van der Waals surface area contributed by atoms with Gasteiger partial charge in [0.05, 0.1) is 44.6 Å². The molecule has 28 heteroatoms. The van der Waals surface area contributed by atoms with Crippen molar-refractivity contribution < 1.29 is 98.1 Å². The van der Waals surface area contributed by atoms with Crippen molar-refractivity contribution in [1.29, 1.82) is 0 Å². The van der Waals surface area contributed by atoms with E-state index in [0.29, 0.717) is 0 Å². The number of carboxylic acids is 7. The van der Waals surface area contributed by atoms with E-state index >= 15 is 0 Å². The van der Waals surface area contributed by atoms with Gasteiger partial charge in [-0.15, -0.1) is 0 Å². The number of amides is 6. The molecular formula is C29H42N8O20. The average Bonchev–Trinajstić information content (AvgIpc) is 3.06. The molecule has 17 N–H and O–H groups in total. The van der Waals surface area contributed by atoms with Crippen molar-refractivity contribution in [1.82, 2.24) is 31.9 Å². The number of aliphatic carboxylic acids is 7. The maximum absolute atomic E-state index is 13.2. The first kappa shape index (κ1) is 50.0. The van der Waals surface area contributed by atoms with Gasteiger partial charge >= 0.3 is 41.8 Å². The molecule has 0 aromatic heterocycles. The second kappa shape index (κ2) is 24.4. The highest BCUT2D eigenvalue weighted by Crippen LogP contribution is 2.06. The SMILES string of the molecule is NCCC[C@H](NC(=O)[C@H](CC(=O)O)NC(=O)[C@H](CC(=O)O)NC(=O)[C@H](CC(=O)O)NC(=O)[C@H](CC(=O)O)NC(=O)[C@H](CC(=O)O)NC(=O)[C@@H](N)CC(=O)O)C(=O)O. The van der Waals surface area contributed by atoms with E-state index in [1.165, 1.54) is 0 Å². The van der Waals surface area contributed by atoms with Crippen LogP contribution in [0, 0.1) is 0 Å². The lowest BCUT2D eigenvalue weighted by molar-refractivity contribution is -0.145. The summed E-state index contributed by atoms with van der Waals surface area (Å²) in [5.74, 6) is -21.2. The van der Waals surface area contributed by atoms with E-state index in [1.54, 1.807) is 16.0 Å². The molecule has 6 amide bonds. The molecule has 0 aromatic carbocycles. The Labute approximate surface area is 319 Å². The van der Waals surface area contributed by atoms with Crippen LogP contribution in [0.3, 0.4) is 0 Å². The second-order valence-electron chi connectivity index (χ2n) is 11.8. The van der Waals surface area contributed by atoms with Crippen molar-refractivity contribution >= 4 is 77.2 Å². The van der Waals surface area contributed by atoms with Gasteiger partial charge in [0.1, 0.15) is 36.3 Å².